The van der Waals surface area contributed by atoms with Crippen molar-refractivity contribution < 1.29 is 14.7 Å². The van der Waals surface area contributed by atoms with Gasteiger partial charge in [-0.2, -0.15) is 0 Å². The minimum absolute atomic E-state index is 0.0227. The minimum atomic E-state index is -1.10. The molecule has 0 amide bonds. The third-order valence-electron chi connectivity index (χ3n) is 2.71. The molecule has 0 spiro atoms. The smallest absolute Gasteiger partial charge is 0.336 e. The molecule has 0 saturated heterocycles. The van der Waals surface area contributed by atoms with Gasteiger partial charge in [0.25, 0.3) is 0 Å². The van der Waals surface area contributed by atoms with Gasteiger partial charge in [0.1, 0.15) is 0 Å². The summed E-state index contributed by atoms with van der Waals surface area (Å²) in [5, 5.41) is 9.60. The molecule has 1 N–H and O–H groups in total. The lowest BCUT2D eigenvalue weighted by atomic mass is 9.98. The van der Waals surface area contributed by atoms with Gasteiger partial charge in [-0.3, -0.25) is 4.79 Å². The lowest BCUT2D eigenvalue weighted by Crippen LogP contribution is -2.10. The highest BCUT2D eigenvalue weighted by atomic mass is 35.5. The molecule has 0 aliphatic rings. The maximum absolute atomic E-state index is 12.1. The zero-order valence-electron chi connectivity index (χ0n) is 9.97. The van der Waals surface area contributed by atoms with E-state index in [1.54, 1.807) is 36.4 Å². The summed E-state index contributed by atoms with van der Waals surface area (Å²) in [6.45, 7) is 0. The van der Waals surface area contributed by atoms with Gasteiger partial charge in [0, 0.05) is 17.0 Å². The number of carboxylic acids is 1. The van der Waals surface area contributed by atoms with Crippen molar-refractivity contribution in [2.45, 2.75) is 6.42 Å². The summed E-state index contributed by atoms with van der Waals surface area (Å²) in [6, 6.07) is 13.2. The Hall–Kier alpha value is -2.13. The van der Waals surface area contributed by atoms with Crippen LogP contribution in [0, 0.1) is 0 Å². The Morgan fingerprint density at radius 2 is 1.68 bits per heavy atom. The summed E-state index contributed by atoms with van der Waals surface area (Å²) in [5.74, 6) is -1.34. The summed E-state index contributed by atoms with van der Waals surface area (Å²) in [6.07, 6.45) is 0.130. The maximum atomic E-state index is 12.1. The molecule has 0 atom stereocenters. The maximum Gasteiger partial charge on any atom is 0.336 e. The topological polar surface area (TPSA) is 54.4 Å². The van der Waals surface area contributed by atoms with Crippen LogP contribution < -0.4 is 0 Å². The molecule has 19 heavy (non-hydrogen) atoms. The zero-order chi connectivity index (χ0) is 13.8. The van der Waals surface area contributed by atoms with Crippen molar-refractivity contribution in [2.75, 3.05) is 0 Å². The van der Waals surface area contributed by atoms with Crippen molar-refractivity contribution in [1.82, 2.24) is 0 Å². The Kier molecular flexibility index (Phi) is 3.97. The van der Waals surface area contributed by atoms with Crippen LogP contribution in [0.4, 0.5) is 0 Å². The molecule has 4 heteroatoms. The van der Waals surface area contributed by atoms with Crippen molar-refractivity contribution >= 4 is 23.4 Å². The van der Waals surface area contributed by atoms with E-state index >= 15 is 0 Å². The molecule has 0 heterocycles. The van der Waals surface area contributed by atoms with Crippen LogP contribution in [0.25, 0.3) is 0 Å². The molecular formula is C15H11ClO3. The van der Waals surface area contributed by atoms with Crippen LogP contribution in [0.1, 0.15) is 26.3 Å². The van der Waals surface area contributed by atoms with E-state index in [-0.39, 0.29) is 23.3 Å². The summed E-state index contributed by atoms with van der Waals surface area (Å²) in [4.78, 5) is 23.2. The number of carbonyl (C=O) groups excluding carboxylic acids is 1. The Bertz CT molecular complexity index is 635. The van der Waals surface area contributed by atoms with Gasteiger partial charge >= 0.3 is 5.97 Å². The van der Waals surface area contributed by atoms with E-state index in [1.807, 2.05) is 0 Å². The first-order valence-corrected chi connectivity index (χ1v) is 6.05. The lowest BCUT2D eigenvalue weighted by Gasteiger charge is -2.05. The molecule has 3 nitrogen and oxygen atoms in total. The van der Waals surface area contributed by atoms with Crippen molar-refractivity contribution in [2.24, 2.45) is 0 Å². The average molecular weight is 275 g/mol. The second kappa shape index (κ2) is 5.67. The molecule has 0 saturated carbocycles. The zero-order valence-corrected chi connectivity index (χ0v) is 10.7. The van der Waals surface area contributed by atoms with Gasteiger partial charge < -0.3 is 5.11 Å². The normalized spacial score (nSPS) is 10.2. The second-order valence-electron chi connectivity index (χ2n) is 4.08. The van der Waals surface area contributed by atoms with Crippen molar-refractivity contribution in [3.63, 3.8) is 0 Å². The summed E-state index contributed by atoms with van der Waals surface area (Å²) < 4.78 is 0. The monoisotopic (exact) mass is 274 g/mol. The van der Waals surface area contributed by atoms with Crippen LogP contribution in [0.15, 0.2) is 48.5 Å². The lowest BCUT2D eigenvalue weighted by molar-refractivity contribution is 0.0692. The van der Waals surface area contributed by atoms with E-state index in [0.717, 1.165) is 5.56 Å². The van der Waals surface area contributed by atoms with E-state index in [1.165, 1.54) is 12.1 Å². The standard InChI is InChI=1S/C15H11ClO3/c16-11-5-3-4-10(8-11)9-14(17)12-6-1-2-7-13(12)15(18)19/h1-8H,9H2,(H,18,19). The predicted molar refractivity (Wildman–Crippen MR) is 72.9 cm³/mol. The van der Waals surface area contributed by atoms with Crippen molar-refractivity contribution in [1.29, 1.82) is 0 Å². The summed E-state index contributed by atoms with van der Waals surface area (Å²) in [7, 11) is 0. The molecule has 0 fully saturated rings. The fraction of sp³-hybridized carbons (Fsp3) is 0.0667. The average Bonchev–Trinajstić information content (AvgIpc) is 2.38. The molecule has 0 aliphatic carbocycles. The van der Waals surface area contributed by atoms with Crippen LogP contribution in [0.2, 0.25) is 5.02 Å². The number of Topliss-reactive ketones (excluding diaryl/α,β-unsaturated/α-hetero) is 1. The molecule has 2 aromatic rings. The molecule has 0 aliphatic heterocycles. The molecule has 0 bridgehead atoms. The van der Waals surface area contributed by atoms with E-state index < -0.39 is 5.97 Å². The van der Waals surface area contributed by atoms with Gasteiger partial charge in [-0.05, 0) is 23.8 Å². The highest BCUT2D eigenvalue weighted by molar-refractivity contribution is 6.30. The number of hydrogen-bond donors (Lipinski definition) is 1. The molecule has 96 valence electrons. The van der Waals surface area contributed by atoms with Crippen LogP contribution in [0.3, 0.4) is 0 Å². The fourth-order valence-corrected chi connectivity index (χ4v) is 2.05. The quantitative estimate of drug-likeness (QED) is 0.869. The van der Waals surface area contributed by atoms with Gasteiger partial charge in [-0.25, -0.2) is 4.79 Å². The number of carbonyl (C=O) groups is 2. The van der Waals surface area contributed by atoms with Crippen LogP contribution >= 0.6 is 11.6 Å². The largest absolute Gasteiger partial charge is 0.478 e. The number of carboxylic acid groups (broad SMARTS) is 1. The minimum Gasteiger partial charge on any atom is -0.478 e. The third kappa shape index (κ3) is 3.20. The van der Waals surface area contributed by atoms with E-state index in [2.05, 4.69) is 0 Å². The number of halogens is 1. The van der Waals surface area contributed by atoms with Crippen molar-refractivity contribution in [3.8, 4) is 0 Å². The number of benzene rings is 2. The Morgan fingerprint density at radius 1 is 1.00 bits per heavy atom. The van der Waals surface area contributed by atoms with E-state index in [9.17, 15) is 9.59 Å². The van der Waals surface area contributed by atoms with Crippen LogP contribution in [-0.2, 0) is 6.42 Å². The molecular weight excluding hydrogens is 264 g/mol. The van der Waals surface area contributed by atoms with Gasteiger partial charge in [0.15, 0.2) is 5.78 Å². The first kappa shape index (κ1) is 13.3. The Balaban J connectivity index is 2.28. The molecule has 2 aromatic carbocycles. The van der Waals surface area contributed by atoms with Gasteiger partial charge in [0.2, 0.25) is 0 Å². The van der Waals surface area contributed by atoms with Crippen LogP contribution in [-0.4, -0.2) is 16.9 Å². The summed E-state index contributed by atoms with van der Waals surface area (Å²) >= 11 is 5.85. The fourth-order valence-electron chi connectivity index (χ4n) is 1.84. The van der Waals surface area contributed by atoms with Gasteiger partial charge in [-0.15, -0.1) is 0 Å². The first-order chi connectivity index (χ1) is 9.08. The second-order valence-corrected chi connectivity index (χ2v) is 4.52. The van der Waals surface area contributed by atoms with Crippen LogP contribution in [0.5, 0.6) is 0 Å². The highest BCUT2D eigenvalue weighted by Crippen LogP contribution is 2.15. The molecule has 2 rings (SSSR count). The van der Waals surface area contributed by atoms with E-state index in [4.69, 9.17) is 16.7 Å². The summed E-state index contributed by atoms with van der Waals surface area (Å²) in [5.41, 5.74) is 1.00. The SMILES string of the molecule is O=C(O)c1ccccc1C(=O)Cc1cccc(Cl)c1. The molecule has 0 radical (unpaired) electrons. The number of rotatable bonds is 4. The highest BCUT2D eigenvalue weighted by Gasteiger charge is 2.15. The third-order valence-corrected chi connectivity index (χ3v) is 2.95. The Morgan fingerprint density at radius 3 is 2.32 bits per heavy atom. The number of aromatic carboxylic acids is 1. The Labute approximate surface area is 115 Å². The molecule has 0 unspecified atom stereocenters. The first-order valence-electron chi connectivity index (χ1n) is 5.68. The predicted octanol–water partition coefficient (Wildman–Crippen LogP) is 3.46. The van der Waals surface area contributed by atoms with Gasteiger partial charge in [0.05, 0.1) is 5.56 Å². The number of ketones is 1. The van der Waals surface area contributed by atoms with Crippen molar-refractivity contribution in [3.05, 3.63) is 70.2 Å². The number of hydrogen-bond acceptors (Lipinski definition) is 2. The molecule has 0 aromatic heterocycles. The van der Waals surface area contributed by atoms with E-state index in [0.29, 0.717) is 5.02 Å². The van der Waals surface area contributed by atoms with Gasteiger partial charge in [-0.1, -0.05) is 41.9 Å².